The smallest absolute Gasteiger partial charge is 0.244 e. The fraction of sp³-hybridized carbons (Fsp3) is 0.571. The molecule has 1 aliphatic carbocycles. The first kappa shape index (κ1) is 15.2. The van der Waals surface area contributed by atoms with Gasteiger partial charge in [0, 0.05) is 13.1 Å². The van der Waals surface area contributed by atoms with Crippen LogP contribution in [0.3, 0.4) is 0 Å². The summed E-state index contributed by atoms with van der Waals surface area (Å²) < 4.78 is 33.1. The van der Waals surface area contributed by atoms with E-state index in [1.165, 1.54) is 0 Å². The second-order valence-electron chi connectivity index (χ2n) is 5.49. The van der Waals surface area contributed by atoms with Gasteiger partial charge in [-0.05, 0) is 37.0 Å². The Morgan fingerprint density at radius 2 is 2.19 bits per heavy atom. The molecule has 2 unspecified atom stereocenters. The van der Waals surface area contributed by atoms with Crippen molar-refractivity contribution in [3.63, 3.8) is 0 Å². The van der Waals surface area contributed by atoms with Gasteiger partial charge in [-0.25, -0.2) is 8.42 Å². The number of rotatable bonds is 3. The zero-order valence-electron chi connectivity index (χ0n) is 11.7. The van der Waals surface area contributed by atoms with Crippen LogP contribution in [0.2, 0.25) is 5.02 Å². The molecule has 2 N–H and O–H groups in total. The zero-order chi connectivity index (χ0) is 15.0. The van der Waals surface area contributed by atoms with Gasteiger partial charge in [-0.15, -0.1) is 0 Å². The second-order valence-corrected chi connectivity index (χ2v) is 7.76. The van der Waals surface area contributed by atoms with Crippen LogP contribution in [-0.4, -0.2) is 38.0 Å². The molecular weight excluding hydrogens is 312 g/mol. The van der Waals surface area contributed by atoms with Crippen LogP contribution in [0, 0.1) is 0 Å². The third-order valence-electron chi connectivity index (χ3n) is 4.25. The summed E-state index contributed by atoms with van der Waals surface area (Å²) >= 11 is 6.16. The third-order valence-corrected chi connectivity index (χ3v) is 6.66. The molecule has 2 atom stereocenters. The lowest BCUT2D eigenvalue weighted by Crippen LogP contribution is -2.51. The van der Waals surface area contributed by atoms with E-state index in [0.29, 0.717) is 19.7 Å². The molecule has 0 aromatic heterocycles. The van der Waals surface area contributed by atoms with Crippen molar-refractivity contribution in [1.29, 1.82) is 0 Å². The lowest BCUT2D eigenvalue weighted by atomic mass is 10.2. The van der Waals surface area contributed by atoms with E-state index in [4.69, 9.17) is 22.1 Å². The van der Waals surface area contributed by atoms with E-state index >= 15 is 0 Å². The predicted octanol–water partition coefficient (Wildman–Crippen LogP) is 1.74. The Bertz CT molecular complexity index is 635. The van der Waals surface area contributed by atoms with Crippen molar-refractivity contribution in [3.05, 3.63) is 28.8 Å². The first-order valence-electron chi connectivity index (χ1n) is 7.16. The monoisotopic (exact) mass is 330 g/mol. The van der Waals surface area contributed by atoms with E-state index in [2.05, 4.69) is 0 Å². The highest BCUT2D eigenvalue weighted by atomic mass is 35.5. The minimum Gasteiger partial charge on any atom is -0.375 e. The van der Waals surface area contributed by atoms with Gasteiger partial charge in [0.15, 0.2) is 0 Å². The number of sulfonamides is 1. The molecule has 1 aromatic rings. The van der Waals surface area contributed by atoms with Crippen molar-refractivity contribution >= 4 is 21.6 Å². The number of nitrogens with zero attached hydrogens (tertiary/aromatic N) is 1. The zero-order valence-corrected chi connectivity index (χ0v) is 13.2. The molecule has 0 bridgehead atoms. The first-order valence-corrected chi connectivity index (χ1v) is 8.98. The predicted molar refractivity (Wildman–Crippen MR) is 80.6 cm³/mol. The Labute approximate surface area is 130 Å². The molecule has 21 heavy (non-hydrogen) atoms. The summed E-state index contributed by atoms with van der Waals surface area (Å²) in [5.41, 5.74) is 6.37. The molecule has 0 radical (unpaired) electrons. The fourth-order valence-corrected chi connectivity index (χ4v) is 5.40. The van der Waals surface area contributed by atoms with E-state index < -0.39 is 10.0 Å². The minimum absolute atomic E-state index is 0.0237. The molecule has 1 aliphatic heterocycles. The van der Waals surface area contributed by atoms with Gasteiger partial charge in [0.25, 0.3) is 0 Å². The van der Waals surface area contributed by atoms with Crippen LogP contribution >= 0.6 is 11.6 Å². The van der Waals surface area contributed by atoms with Crippen LogP contribution in [0.1, 0.15) is 24.8 Å². The summed E-state index contributed by atoms with van der Waals surface area (Å²) in [6, 6.07) is 4.83. The molecule has 1 aromatic carbocycles. The van der Waals surface area contributed by atoms with Crippen molar-refractivity contribution in [2.45, 2.75) is 42.8 Å². The van der Waals surface area contributed by atoms with Crippen LogP contribution in [0.4, 0.5) is 0 Å². The van der Waals surface area contributed by atoms with Crippen LogP contribution < -0.4 is 5.73 Å². The van der Waals surface area contributed by atoms with Crippen LogP contribution in [0.25, 0.3) is 0 Å². The highest BCUT2D eigenvalue weighted by Crippen LogP contribution is 2.35. The quantitative estimate of drug-likeness (QED) is 0.916. The number of nitrogens with two attached hydrogens (primary N) is 1. The maximum absolute atomic E-state index is 12.9. The summed E-state index contributed by atoms with van der Waals surface area (Å²) in [4.78, 5) is 0.161. The molecule has 2 fully saturated rings. The van der Waals surface area contributed by atoms with Gasteiger partial charge < -0.3 is 10.5 Å². The summed E-state index contributed by atoms with van der Waals surface area (Å²) in [5.74, 6) is 0. The topological polar surface area (TPSA) is 72.6 Å². The minimum atomic E-state index is -3.59. The summed E-state index contributed by atoms with van der Waals surface area (Å²) in [5, 5.41) is 0.235. The van der Waals surface area contributed by atoms with Gasteiger partial charge in [0.05, 0.1) is 23.8 Å². The molecule has 2 aliphatic rings. The van der Waals surface area contributed by atoms with Gasteiger partial charge in [-0.3, -0.25) is 0 Å². The molecular formula is C14H19ClN2O3S. The number of halogens is 1. The largest absolute Gasteiger partial charge is 0.375 e. The van der Waals surface area contributed by atoms with Gasteiger partial charge in [0.1, 0.15) is 4.90 Å². The van der Waals surface area contributed by atoms with Crippen LogP contribution in [0.5, 0.6) is 0 Å². The normalized spacial score (nSPS) is 26.8. The van der Waals surface area contributed by atoms with E-state index in [1.54, 1.807) is 22.5 Å². The van der Waals surface area contributed by atoms with Gasteiger partial charge >= 0.3 is 0 Å². The molecule has 1 heterocycles. The summed E-state index contributed by atoms with van der Waals surface area (Å²) in [6.45, 7) is 1.17. The maximum Gasteiger partial charge on any atom is 0.244 e. The van der Waals surface area contributed by atoms with Crippen molar-refractivity contribution in [1.82, 2.24) is 4.31 Å². The third kappa shape index (κ3) is 2.71. The van der Waals surface area contributed by atoms with E-state index in [9.17, 15) is 8.42 Å². The Morgan fingerprint density at radius 3 is 2.90 bits per heavy atom. The number of morpholine rings is 1. The first-order chi connectivity index (χ1) is 10.0. The molecule has 5 nitrogen and oxygen atoms in total. The highest BCUT2D eigenvalue weighted by molar-refractivity contribution is 7.89. The SMILES string of the molecule is NCc1ccc(S(=O)(=O)N2CCOC3CCCC32)c(Cl)c1. The standard InChI is InChI=1S/C14H19ClN2O3S/c15-11-8-10(9-16)4-5-14(11)21(18,19)17-6-7-20-13-3-1-2-12(13)17/h4-5,8,12-13H,1-3,6-7,9,16H2. The number of benzene rings is 1. The second kappa shape index (κ2) is 5.85. The Hall–Kier alpha value is -0.660. The van der Waals surface area contributed by atoms with Crippen molar-refractivity contribution in [2.24, 2.45) is 5.73 Å². The molecule has 3 rings (SSSR count). The Balaban J connectivity index is 1.96. The van der Waals surface area contributed by atoms with Gasteiger partial charge in [-0.1, -0.05) is 17.7 Å². The fourth-order valence-electron chi connectivity index (χ4n) is 3.20. The lowest BCUT2D eigenvalue weighted by molar-refractivity contribution is -0.0241. The number of ether oxygens (including phenoxy) is 1. The van der Waals surface area contributed by atoms with Gasteiger partial charge in [-0.2, -0.15) is 4.31 Å². The Morgan fingerprint density at radius 1 is 1.38 bits per heavy atom. The number of hydrogen-bond acceptors (Lipinski definition) is 4. The van der Waals surface area contributed by atoms with E-state index in [0.717, 1.165) is 24.8 Å². The van der Waals surface area contributed by atoms with Crippen molar-refractivity contribution in [2.75, 3.05) is 13.2 Å². The van der Waals surface area contributed by atoms with Crippen molar-refractivity contribution in [3.8, 4) is 0 Å². The molecule has 116 valence electrons. The maximum atomic E-state index is 12.9. The molecule has 0 spiro atoms. The molecule has 1 saturated heterocycles. The number of fused-ring (bicyclic) bond motifs is 1. The summed E-state index contributed by atoms with van der Waals surface area (Å²) in [6.07, 6.45) is 2.80. The van der Waals surface area contributed by atoms with Crippen LogP contribution in [-0.2, 0) is 21.3 Å². The van der Waals surface area contributed by atoms with E-state index in [1.807, 2.05) is 0 Å². The Kier molecular flexibility index (Phi) is 4.25. The molecule has 7 heteroatoms. The van der Waals surface area contributed by atoms with Crippen molar-refractivity contribution < 1.29 is 13.2 Å². The summed E-state index contributed by atoms with van der Waals surface area (Å²) in [7, 11) is -3.59. The van der Waals surface area contributed by atoms with E-state index in [-0.39, 0.29) is 22.1 Å². The molecule has 1 saturated carbocycles. The molecule has 0 amide bonds. The highest BCUT2D eigenvalue weighted by Gasteiger charge is 2.42. The van der Waals surface area contributed by atoms with Crippen LogP contribution in [0.15, 0.2) is 23.1 Å². The lowest BCUT2D eigenvalue weighted by Gasteiger charge is -2.36. The van der Waals surface area contributed by atoms with Gasteiger partial charge in [0.2, 0.25) is 10.0 Å². The average molecular weight is 331 g/mol. The average Bonchev–Trinajstić information content (AvgIpc) is 2.94. The number of hydrogen-bond donors (Lipinski definition) is 1.